The summed E-state index contributed by atoms with van der Waals surface area (Å²) in [7, 11) is 0. The van der Waals surface area contributed by atoms with Crippen molar-refractivity contribution in [1.29, 1.82) is 0 Å². The lowest BCUT2D eigenvalue weighted by molar-refractivity contribution is -0.136. The molecule has 1 aromatic heterocycles. The van der Waals surface area contributed by atoms with Gasteiger partial charge in [-0.25, -0.2) is 4.98 Å². The van der Waals surface area contributed by atoms with Gasteiger partial charge in [-0.05, 0) is 40.2 Å². The van der Waals surface area contributed by atoms with Crippen molar-refractivity contribution in [2.45, 2.75) is 6.18 Å². The van der Waals surface area contributed by atoms with Crippen molar-refractivity contribution in [3.05, 3.63) is 34.3 Å². The second kappa shape index (κ2) is 3.62. The van der Waals surface area contributed by atoms with Crippen molar-refractivity contribution < 1.29 is 13.2 Å². The highest BCUT2D eigenvalue weighted by molar-refractivity contribution is 9.10. The summed E-state index contributed by atoms with van der Waals surface area (Å²) in [6.07, 6.45) is -4.39. The molecule has 0 fully saturated rings. The standard InChI is InChI=1S/C10H6BrF3N2/c11-7-3-2-6(10(12,13)14)5-1-4-8(15)16-9(5)7/h1-4H,(H2,15,16). The average Bonchev–Trinajstić information content (AvgIpc) is 2.17. The Labute approximate surface area is 97.4 Å². The molecule has 1 heterocycles. The smallest absolute Gasteiger partial charge is 0.384 e. The minimum atomic E-state index is -4.39. The first-order valence-corrected chi connectivity index (χ1v) is 5.11. The Hall–Kier alpha value is -1.30. The number of fused-ring (bicyclic) bond motifs is 1. The number of aromatic nitrogens is 1. The minimum Gasteiger partial charge on any atom is -0.384 e. The monoisotopic (exact) mass is 290 g/mol. The van der Waals surface area contributed by atoms with Crippen molar-refractivity contribution in [1.82, 2.24) is 4.98 Å². The van der Waals surface area contributed by atoms with Crippen LogP contribution < -0.4 is 5.73 Å². The number of nitrogens with zero attached hydrogens (tertiary/aromatic N) is 1. The summed E-state index contributed by atoms with van der Waals surface area (Å²) >= 11 is 3.15. The molecule has 0 spiro atoms. The van der Waals surface area contributed by atoms with Gasteiger partial charge >= 0.3 is 6.18 Å². The molecule has 84 valence electrons. The number of rotatable bonds is 0. The summed E-state index contributed by atoms with van der Waals surface area (Å²) in [5.74, 6) is 0.188. The van der Waals surface area contributed by atoms with E-state index in [1.165, 1.54) is 18.2 Å². The predicted molar refractivity (Wildman–Crippen MR) is 58.9 cm³/mol. The van der Waals surface area contributed by atoms with Gasteiger partial charge in [0.05, 0.1) is 11.1 Å². The van der Waals surface area contributed by atoms with Gasteiger partial charge in [0.2, 0.25) is 0 Å². The van der Waals surface area contributed by atoms with Crippen LogP contribution in [-0.4, -0.2) is 4.98 Å². The molecule has 0 saturated carbocycles. The van der Waals surface area contributed by atoms with E-state index in [2.05, 4.69) is 20.9 Å². The van der Waals surface area contributed by atoms with Gasteiger partial charge < -0.3 is 5.73 Å². The van der Waals surface area contributed by atoms with Crippen LogP contribution in [0, 0.1) is 0 Å². The normalized spacial score (nSPS) is 12.0. The van der Waals surface area contributed by atoms with E-state index in [1.54, 1.807) is 0 Å². The van der Waals surface area contributed by atoms with Crippen molar-refractivity contribution in [2.24, 2.45) is 0 Å². The lowest BCUT2D eigenvalue weighted by Gasteiger charge is -2.11. The van der Waals surface area contributed by atoms with Crippen molar-refractivity contribution >= 4 is 32.7 Å². The summed E-state index contributed by atoms with van der Waals surface area (Å²) < 4.78 is 38.5. The second-order valence-corrected chi connectivity index (χ2v) is 4.08. The van der Waals surface area contributed by atoms with E-state index < -0.39 is 11.7 Å². The number of hydrogen-bond donors (Lipinski definition) is 1. The van der Waals surface area contributed by atoms with E-state index in [9.17, 15) is 13.2 Å². The third-order valence-electron chi connectivity index (χ3n) is 2.13. The van der Waals surface area contributed by atoms with Gasteiger partial charge in [0.25, 0.3) is 0 Å². The summed E-state index contributed by atoms with van der Waals surface area (Å²) in [6.45, 7) is 0. The summed E-state index contributed by atoms with van der Waals surface area (Å²) in [5, 5.41) is 0.0380. The average molecular weight is 291 g/mol. The van der Waals surface area contributed by atoms with Gasteiger partial charge in [-0.2, -0.15) is 13.2 Å². The van der Waals surface area contributed by atoms with Crippen molar-refractivity contribution in [3.63, 3.8) is 0 Å². The molecule has 2 rings (SSSR count). The van der Waals surface area contributed by atoms with E-state index in [4.69, 9.17) is 5.73 Å². The zero-order valence-electron chi connectivity index (χ0n) is 7.85. The number of halogens is 4. The maximum absolute atomic E-state index is 12.7. The molecule has 2 aromatic rings. The Balaban J connectivity index is 2.85. The van der Waals surface area contributed by atoms with Crippen LogP contribution in [0.4, 0.5) is 19.0 Å². The molecular weight excluding hydrogens is 285 g/mol. The lowest BCUT2D eigenvalue weighted by Crippen LogP contribution is -2.06. The Morgan fingerprint density at radius 2 is 1.81 bits per heavy atom. The second-order valence-electron chi connectivity index (χ2n) is 3.22. The molecule has 6 heteroatoms. The number of anilines is 1. The fourth-order valence-corrected chi connectivity index (χ4v) is 1.88. The van der Waals surface area contributed by atoms with Crippen molar-refractivity contribution in [2.75, 3.05) is 5.73 Å². The Morgan fingerprint density at radius 1 is 1.12 bits per heavy atom. The zero-order chi connectivity index (χ0) is 11.9. The summed E-state index contributed by atoms with van der Waals surface area (Å²) in [4.78, 5) is 3.88. The largest absolute Gasteiger partial charge is 0.417 e. The summed E-state index contributed by atoms with van der Waals surface area (Å²) in [5.41, 5.74) is 4.95. The topological polar surface area (TPSA) is 38.9 Å². The molecule has 0 bridgehead atoms. The molecule has 0 saturated heterocycles. The zero-order valence-corrected chi connectivity index (χ0v) is 9.43. The first kappa shape index (κ1) is 11.2. The fraction of sp³-hybridized carbons (Fsp3) is 0.100. The van der Waals surface area contributed by atoms with Gasteiger partial charge in [0, 0.05) is 9.86 Å². The SMILES string of the molecule is Nc1ccc2c(C(F)(F)F)ccc(Br)c2n1. The quantitative estimate of drug-likeness (QED) is 0.805. The molecule has 2 nitrogen and oxygen atoms in total. The van der Waals surface area contributed by atoms with E-state index >= 15 is 0 Å². The highest BCUT2D eigenvalue weighted by Crippen LogP contribution is 2.36. The van der Waals surface area contributed by atoms with Crippen LogP contribution in [0.3, 0.4) is 0 Å². The first-order chi connectivity index (χ1) is 7.39. The molecule has 0 aliphatic carbocycles. The van der Waals surface area contributed by atoms with Gasteiger partial charge in [-0.1, -0.05) is 0 Å². The molecule has 0 aliphatic rings. The van der Waals surface area contributed by atoms with E-state index in [-0.39, 0.29) is 16.7 Å². The number of pyridine rings is 1. The van der Waals surface area contributed by atoms with Gasteiger partial charge in [0.1, 0.15) is 5.82 Å². The Kier molecular flexibility index (Phi) is 2.53. The third kappa shape index (κ3) is 1.84. The molecule has 0 unspecified atom stereocenters. The molecule has 0 amide bonds. The number of alkyl halides is 3. The third-order valence-corrected chi connectivity index (χ3v) is 2.77. The molecule has 0 radical (unpaired) electrons. The first-order valence-electron chi connectivity index (χ1n) is 4.31. The molecule has 2 N–H and O–H groups in total. The van der Waals surface area contributed by atoms with Gasteiger partial charge in [0.15, 0.2) is 0 Å². The maximum Gasteiger partial charge on any atom is 0.417 e. The molecular formula is C10H6BrF3N2. The Bertz CT molecular complexity index is 551. The van der Waals surface area contributed by atoms with Crippen LogP contribution in [0.2, 0.25) is 0 Å². The van der Waals surface area contributed by atoms with Crippen molar-refractivity contribution in [3.8, 4) is 0 Å². The highest BCUT2D eigenvalue weighted by atomic mass is 79.9. The number of hydrogen-bond acceptors (Lipinski definition) is 2. The van der Waals surface area contributed by atoms with Gasteiger partial charge in [-0.15, -0.1) is 0 Å². The van der Waals surface area contributed by atoms with E-state index in [1.807, 2.05) is 0 Å². The van der Waals surface area contributed by atoms with Crippen LogP contribution in [0.1, 0.15) is 5.56 Å². The highest BCUT2D eigenvalue weighted by Gasteiger charge is 2.32. The maximum atomic E-state index is 12.7. The van der Waals surface area contributed by atoms with Crippen LogP contribution in [0.15, 0.2) is 28.7 Å². The summed E-state index contributed by atoms with van der Waals surface area (Å²) in [6, 6.07) is 5.01. The lowest BCUT2D eigenvalue weighted by atomic mass is 10.1. The van der Waals surface area contributed by atoms with Crippen LogP contribution in [-0.2, 0) is 6.18 Å². The number of nitrogen functional groups attached to an aromatic ring is 1. The Morgan fingerprint density at radius 3 is 2.44 bits per heavy atom. The van der Waals surface area contributed by atoms with Gasteiger partial charge in [-0.3, -0.25) is 0 Å². The number of nitrogens with two attached hydrogens (primary N) is 1. The van der Waals surface area contributed by atoms with Crippen LogP contribution in [0.25, 0.3) is 10.9 Å². The molecule has 1 aromatic carbocycles. The van der Waals surface area contributed by atoms with Crippen LogP contribution >= 0.6 is 15.9 Å². The van der Waals surface area contributed by atoms with E-state index in [0.717, 1.165) is 6.07 Å². The predicted octanol–water partition coefficient (Wildman–Crippen LogP) is 3.60. The van der Waals surface area contributed by atoms with Crippen LogP contribution in [0.5, 0.6) is 0 Å². The molecule has 16 heavy (non-hydrogen) atoms. The molecule has 0 atom stereocenters. The van der Waals surface area contributed by atoms with E-state index in [0.29, 0.717) is 4.47 Å². The fourth-order valence-electron chi connectivity index (χ4n) is 1.45. The minimum absolute atomic E-state index is 0.0380. The number of benzene rings is 1. The molecule has 0 aliphatic heterocycles.